The maximum absolute atomic E-state index is 10.4. The van der Waals surface area contributed by atoms with Crippen LogP contribution in [0.2, 0.25) is 0 Å². The van der Waals surface area contributed by atoms with Gasteiger partial charge in [-0.3, -0.25) is 0 Å². The number of thiol groups is 1. The van der Waals surface area contributed by atoms with Crippen LogP contribution in [0.25, 0.3) is 0 Å². The Balaban J connectivity index is 4.38. The molecule has 0 fully saturated rings. The second kappa shape index (κ2) is 3.63. The highest BCUT2D eigenvalue weighted by atomic mass is 32.1. The van der Waals surface area contributed by atoms with E-state index < -0.39 is 11.5 Å². The van der Waals surface area contributed by atoms with Gasteiger partial charge in [-0.1, -0.05) is 12.2 Å². The molecule has 0 rings (SSSR count). The van der Waals surface area contributed by atoms with Crippen LogP contribution in [0.5, 0.6) is 0 Å². The molecule has 0 aliphatic heterocycles. The molecule has 4 heteroatoms. The third kappa shape index (κ3) is 2.04. The standard InChI is InChI=1S/C6H11NO2S/c1-2-3-6(7,4-10)5(8)9/h2-3,10H,4,7H2,1H3,(H,8,9). The monoisotopic (exact) mass is 161 g/mol. The minimum Gasteiger partial charge on any atom is -0.480 e. The summed E-state index contributed by atoms with van der Waals surface area (Å²) in [7, 11) is 0. The molecule has 10 heavy (non-hydrogen) atoms. The third-order valence-electron chi connectivity index (χ3n) is 1.12. The number of carboxylic acids is 1. The topological polar surface area (TPSA) is 63.3 Å². The second-order valence-corrected chi connectivity index (χ2v) is 2.32. The molecule has 0 aliphatic carbocycles. The molecule has 1 atom stereocenters. The normalized spacial score (nSPS) is 17.1. The zero-order chi connectivity index (χ0) is 8.20. The van der Waals surface area contributed by atoms with Crippen LogP contribution in [0.15, 0.2) is 12.2 Å². The van der Waals surface area contributed by atoms with Crippen molar-refractivity contribution in [3.8, 4) is 0 Å². The Morgan fingerprint density at radius 2 is 2.40 bits per heavy atom. The van der Waals surface area contributed by atoms with E-state index in [2.05, 4.69) is 12.6 Å². The predicted octanol–water partition coefficient (Wildman–Crippen LogP) is 0.274. The molecular formula is C6H11NO2S. The fourth-order valence-electron chi connectivity index (χ4n) is 0.489. The molecule has 0 radical (unpaired) electrons. The van der Waals surface area contributed by atoms with Gasteiger partial charge in [-0.05, 0) is 6.92 Å². The van der Waals surface area contributed by atoms with Crippen molar-refractivity contribution in [2.75, 3.05) is 5.75 Å². The summed E-state index contributed by atoms with van der Waals surface area (Å²) in [5.41, 5.74) is 4.08. The molecule has 0 aliphatic rings. The molecule has 0 aromatic rings. The molecule has 0 saturated heterocycles. The number of allylic oxidation sites excluding steroid dienone is 1. The van der Waals surface area contributed by atoms with E-state index in [4.69, 9.17) is 10.8 Å². The summed E-state index contributed by atoms with van der Waals surface area (Å²) in [4.78, 5) is 10.4. The SMILES string of the molecule is CC=CC(N)(CS)C(=O)O. The first kappa shape index (κ1) is 9.52. The maximum Gasteiger partial charge on any atom is 0.328 e. The lowest BCUT2D eigenvalue weighted by Gasteiger charge is -2.16. The van der Waals surface area contributed by atoms with E-state index in [0.717, 1.165) is 0 Å². The van der Waals surface area contributed by atoms with Crippen LogP contribution in [0.3, 0.4) is 0 Å². The molecule has 58 valence electrons. The Morgan fingerprint density at radius 3 is 2.50 bits per heavy atom. The number of rotatable bonds is 3. The van der Waals surface area contributed by atoms with Gasteiger partial charge in [0.1, 0.15) is 5.54 Å². The van der Waals surface area contributed by atoms with Crippen molar-refractivity contribution >= 4 is 18.6 Å². The summed E-state index contributed by atoms with van der Waals surface area (Å²) in [6, 6.07) is 0. The van der Waals surface area contributed by atoms with Crippen LogP contribution in [-0.4, -0.2) is 22.4 Å². The molecule has 3 N–H and O–H groups in total. The van der Waals surface area contributed by atoms with Crippen LogP contribution >= 0.6 is 12.6 Å². The van der Waals surface area contributed by atoms with Gasteiger partial charge in [0.15, 0.2) is 0 Å². The van der Waals surface area contributed by atoms with E-state index in [-0.39, 0.29) is 5.75 Å². The van der Waals surface area contributed by atoms with Crippen molar-refractivity contribution in [1.82, 2.24) is 0 Å². The van der Waals surface area contributed by atoms with E-state index in [1.54, 1.807) is 13.0 Å². The van der Waals surface area contributed by atoms with Crippen LogP contribution in [0.4, 0.5) is 0 Å². The van der Waals surface area contributed by atoms with Crippen molar-refractivity contribution in [2.45, 2.75) is 12.5 Å². The highest BCUT2D eigenvalue weighted by molar-refractivity contribution is 7.80. The van der Waals surface area contributed by atoms with Gasteiger partial charge in [0.25, 0.3) is 0 Å². The van der Waals surface area contributed by atoms with E-state index in [1.165, 1.54) is 6.08 Å². The summed E-state index contributed by atoms with van der Waals surface area (Å²) in [6.45, 7) is 1.72. The minimum absolute atomic E-state index is 0.104. The third-order valence-corrected chi connectivity index (χ3v) is 1.65. The zero-order valence-electron chi connectivity index (χ0n) is 5.74. The lowest BCUT2D eigenvalue weighted by atomic mass is 10.0. The van der Waals surface area contributed by atoms with Gasteiger partial charge in [-0.25, -0.2) is 4.79 Å². The number of carbonyl (C=O) groups is 1. The van der Waals surface area contributed by atoms with Crippen LogP contribution < -0.4 is 5.73 Å². The number of carboxylic acid groups (broad SMARTS) is 1. The van der Waals surface area contributed by atoms with Crippen molar-refractivity contribution in [2.24, 2.45) is 5.73 Å². The first-order valence-electron chi connectivity index (χ1n) is 2.84. The fraction of sp³-hybridized carbons (Fsp3) is 0.500. The molecule has 3 nitrogen and oxygen atoms in total. The Labute approximate surface area is 65.3 Å². The van der Waals surface area contributed by atoms with Crippen molar-refractivity contribution in [1.29, 1.82) is 0 Å². The van der Waals surface area contributed by atoms with Crippen LogP contribution in [0, 0.1) is 0 Å². The highest BCUT2D eigenvalue weighted by Gasteiger charge is 2.28. The van der Waals surface area contributed by atoms with Crippen molar-refractivity contribution < 1.29 is 9.90 Å². The van der Waals surface area contributed by atoms with Gasteiger partial charge in [-0.15, -0.1) is 0 Å². The van der Waals surface area contributed by atoms with E-state index >= 15 is 0 Å². The number of nitrogens with two attached hydrogens (primary N) is 1. The smallest absolute Gasteiger partial charge is 0.328 e. The summed E-state index contributed by atoms with van der Waals surface area (Å²) in [6.07, 6.45) is 3.02. The number of hydrogen-bond donors (Lipinski definition) is 3. The van der Waals surface area contributed by atoms with Gasteiger partial charge in [0, 0.05) is 5.75 Å². The zero-order valence-corrected chi connectivity index (χ0v) is 6.64. The summed E-state index contributed by atoms with van der Waals surface area (Å²) < 4.78 is 0. The number of aliphatic carboxylic acids is 1. The molecule has 0 saturated carbocycles. The van der Waals surface area contributed by atoms with E-state index in [0.29, 0.717) is 0 Å². The molecule has 0 aromatic carbocycles. The number of hydrogen-bond acceptors (Lipinski definition) is 3. The molecule has 0 amide bonds. The predicted molar refractivity (Wildman–Crippen MR) is 43.2 cm³/mol. The summed E-state index contributed by atoms with van der Waals surface area (Å²) in [5, 5.41) is 8.54. The van der Waals surface area contributed by atoms with Gasteiger partial charge in [0.2, 0.25) is 0 Å². The Bertz CT molecular complexity index is 158. The fourth-order valence-corrected chi connectivity index (χ4v) is 0.730. The maximum atomic E-state index is 10.4. The summed E-state index contributed by atoms with van der Waals surface area (Å²) >= 11 is 3.82. The molecule has 0 aromatic heterocycles. The average Bonchev–Trinajstić information content (AvgIpc) is 1.88. The van der Waals surface area contributed by atoms with Crippen LogP contribution in [0.1, 0.15) is 6.92 Å². The van der Waals surface area contributed by atoms with Crippen LogP contribution in [-0.2, 0) is 4.79 Å². The lowest BCUT2D eigenvalue weighted by Crippen LogP contribution is -2.47. The second-order valence-electron chi connectivity index (χ2n) is 2.00. The first-order chi connectivity index (χ1) is 4.56. The van der Waals surface area contributed by atoms with E-state index in [1.807, 2.05) is 0 Å². The van der Waals surface area contributed by atoms with Crippen molar-refractivity contribution in [3.05, 3.63) is 12.2 Å². The Hall–Kier alpha value is -0.480. The quantitative estimate of drug-likeness (QED) is 0.411. The average molecular weight is 161 g/mol. The van der Waals surface area contributed by atoms with E-state index in [9.17, 15) is 4.79 Å². The van der Waals surface area contributed by atoms with Crippen molar-refractivity contribution in [3.63, 3.8) is 0 Å². The first-order valence-corrected chi connectivity index (χ1v) is 3.47. The molecule has 1 unspecified atom stereocenters. The molecular weight excluding hydrogens is 150 g/mol. The molecule has 0 heterocycles. The molecule has 0 spiro atoms. The molecule has 0 bridgehead atoms. The largest absolute Gasteiger partial charge is 0.480 e. The summed E-state index contributed by atoms with van der Waals surface area (Å²) in [5.74, 6) is -0.951. The van der Waals surface area contributed by atoms with Gasteiger partial charge >= 0.3 is 5.97 Å². The van der Waals surface area contributed by atoms with Gasteiger partial charge in [-0.2, -0.15) is 12.6 Å². The van der Waals surface area contributed by atoms with Gasteiger partial charge < -0.3 is 10.8 Å². The Morgan fingerprint density at radius 1 is 1.90 bits per heavy atom. The Kier molecular flexibility index (Phi) is 3.46. The highest BCUT2D eigenvalue weighted by Crippen LogP contribution is 2.04. The minimum atomic E-state index is -1.31. The van der Waals surface area contributed by atoms with Gasteiger partial charge in [0.05, 0.1) is 0 Å². The lowest BCUT2D eigenvalue weighted by molar-refractivity contribution is -0.140.